The number of ether oxygens (including phenoxy) is 1. The first-order valence-electron chi connectivity index (χ1n) is 5.75. The van der Waals surface area contributed by atoms with Crippen LogP contribution in [0.25, 0.3) is 6.08 Å². The van der Waals surface area contributed by atoms with E-state index in [1.165, 1.54) is 13.3 Å². The van der Waals surface area contributed by atoms with Crippen molar-refractivity contribution in [3.63, 3.8) is 0 Å². The molecule has 0 aliphatic rings. The fourth-order valence-corrected chi connectivity index (χ4v) is 0.957. The van der Waals surface area contributed by atoms with E-state index in [9.17, 15) is 4.79 Å². The first-order valence-corrected chi connectivity index (χ1v) is 5.75. The van der Waals surface area contributed by atoms with Gasteiger partial charge in [0.25, 0.3) is 0 Å². The Kier molecular flexibility index (Phi) is 8.47. The van der Waals surface area contributed by atoms with Gasteiger partial charge in [-0.3, -0.25) is 4.79 Å². The molecule has 0 saturated carbocycles. The Hall–Kier alpha value is -1.77. The SMILES string of the molecule is CC(=O)OC/C=C/c1ccc(N)cc1.CCC.[HH]. The number of esters is 1. The van der Waals surface area contributed by atoms with Gasteiger partial charge in [-0.15, -0.1) is 0 Å². The molecule has 3 nitrogen and oxygen atoms in total. The number of nitrogens with two attached hydrogens (primary N) is 1. The smallest absolute Gasteiger partial charge is 0.302 e. The topological polar surface area (TPSA) is 52.3 Å². The van der Waals surface area contributed by atoms with E-state index in [-0.39, 0.29) is 7.40 Å². The van der Waals surface area contributed by atoms with Crippen molar-refractivity contribution in [3.05, 3.63) is 35.9 Å². The zero-order valence-electron chi connectivity index (χ0n) is 10.8. The molecule has 1 aromatic carbocycles. The van der Waals surface area contributed by atoms with Gasteiger partial charge in [-0.25, -0.2) is 0 Å². The van der Waals surface area contributed by atoms with E-state index in [1.807, 2.05) is 30.3 Å². The third-order valence-corrected chi connectivity index (χ3v) is 1.63. The van der Waals surface area contributed by atoms with Gasteiger partial charge >= 0.3 is 5.97 Å². The molecule has 0 bridgehead atoms. The van der Waals surface area contributed by atoms with E-state index in [1.54, 1.807) is 6.08 Å². The summed E-state index contributed by atoms with van der Waals surface area (Å²) in [7, 11) is 0. The molecule has 0 aliphatic carbocycles. The normalized spacial score (nSPS) is 9.59. The molecule has 0 saturated heterocycles. The van der Waals surface area contributed by atoms with Crippen LogP contribution in [0.4, 0.5) is 5.69 Å². The van der Waals surface area contributed by atoms with Crippen molar-refractivity contribution in [2.24, 2.45) is 0 Å². The van der Waals surface area contributed by atoms with Crippen LogP contribution in [0.3, 0.4) is 0 Å². The minimum atomic E-state index is -0.271. The summed E-state index contributed by atoms with van der Waals surface area (Å²) in [5.41, 5.74) is 7.30. The highest BCUT2D eigenvalue weighted by molar-refractivity contribution is 5.66. The van der Waals surface area contributed by atoms with Gasteiger partial charge in [0.05, 0.1) is 0 Å². The molecule has 0 aromatic heterocycles. The fourth-order valence-electron chi connectivity index (χ4n) is 0.957. The molecular weight excluding hydrogens is 214 g/mol. The third kappa shape index (κ3) is 9.18. The fraction of sp³-hybridized carbons (Fsp3) is 0.357. The predicted molar refractivity (Wildman–Crippen MR) is 74.6 cm³/mol. The van der Waals surface area contributed by atoms with Crippen LogP contribution < -0.4 is 5.73 Å². The summed E-state index contributed by atoms with van der Waals surface area (Å²) >= 11 is 0. The number of rotatable bonds is 3. The minimum absolute atomic E-state index is 0. The van der Waals surface area contributed by atoms with Crippen molar-refractivity contribution in [1.29, 1.82) is 0 Å². The lowest BCUT2D eigenvalue weighted by Crippen LogP contribution is -1.97. The molecule has 0 heterocycles. The molecule has 0 fully saturated rings. The molecule has 0 spiro atoms. The minimum Gasteiger partial charge on any atom is -0.462 e. The second-order valence-corrected chi connectivity index (χ2v) is 3.58. The average Bonchev–Trinajstić information content (AvgIpc) is 2.28. The average molecular weight is 237 g/mol. The summed E-state index contributed by atoms with van der Waals surface area (Å²) in [4.78, 5) is 10.4. The van der Waals surface area contributed by atoms with Crippen LogP contribution in [0.5, 0.6) is 0 Å². The van der Waals surface area contributed by atoms with Gasteiger partial charge in [0.15, 0.2) is 0 Å². The first-order chi connectivity index (χ1) is 8.10. The molecule has 0 atom stereocenters. The highest BCUT2D eigenvalue weighted by Gasteiger charge is 1.88. The lowest BCUT2D eigenvalue weighted by molar-refractivity contribution is -0.139. The van der Waals surface area contributed by atoms with Crippen LogP contribution in [0.1, 0.15) is 34.2 Å². The monoisotopic (exact) mass is 237 g/mol. The number of hydrogen-bond donors (Lipinski definition) is 1. The summed E-state index contributed by atoms with van der Waals surface area (Å²) in [5.74, 6) is -0.271. The number of carbonyl (C=O) groups excluding carboxylic acids is 1. The lowest BCUT2D eigenvalue weighted by Gasteiger charge is -1.96. The summed E-state index contributed by atoms with van der Waals surface area (Å²) in [6.45, 7) is 5.94. The van der Waals surface area contributed by atoms with Gasteiger partial charge in [-0.2, -0.15) is 0 Å². The van der Waals surface area contributed by atoms with E-state index in [0.29, 0.717) is 6.61 Å². The summed E-state index contributed by atoms with van der Waals surface area (Å²) in [5, 5.41) is 0. The van der Waals surface area contributed by atoms with E-state index in [4.69, 9.17) is 10.5 Å². The number of nitrogen functional groups attached to an aromatic ring is 1. The standard InChI is InChI=1S/C11H13NO2.C3H8.H2/c1-9(13)14-8-2-3-10-4-6-11(12)7-5-10;1-3-2;/h2-7H,8,12H2,1H3;3H2,1-2H3;1H/b3-2+;;. The second-order valence-electron chi connectivity index (χ2n) is 3.58. The quantitative estimate of drug-likeness (QED) is 0.646. The molecule has 0 amide bonds. The Morgan fingerprint density at radius 3 is 2.35 bits per heavy atom. The van der Waals surface area contributed by atoms with Gasteiger partial charge in [0.1, 0.15) is 6.61 Å². The van der Waals surface area contributed by atoms with E-state index >= 15 is 0 Å². The van der Waals surface area contributed by atoms with Gasteiger partial charge < -0.3 is 10.5 Å². The number of hydrogen-bond acceptors (Lipinski definition) is 3. The third-order valence-electron chi connectivity index (χ3n) is 1.63. The van der Waals surface area contributed by atoms with Crippen molar-refractivity contribution in [1.82, 2.24) is 0 Å². The summed E-state index contributed by atoms with van der Waals surface area (Å²) in [6.07, 6.45) is 4.91. The van der Waals surface area contributed by atoms with Gasteiger partial charge in [0.2, 0.25) is 0 Å². The lowest BCUT2D eigenvalue weighted by atomic mass is 10.2. The van der Waals surface area contributed by atoms with Crippen LogP contribution in [-0.2, 0) is 9.53 Å². The number of benzene rings is 1. The largest absolute Gasteiger partial charge is 0.462 e. The molecule has 2 N–H and O–H groups in total. The van der Waals surface area contributed by atoms with E-state index in [0.717, 1.165) is 11.3 Å². The van der Waals surface area contributed by atoms with Crippen molar-refractivity contribution < 1.29 is 11.0 Å². The van der Waals surface area contributed by atoms with Crippen LogP contribution in [0.2, 0.25) is 0 Å². The Morgan fingerprint density at radius 1 is 1.35 bits per heavy atom. The van der Waals surface area contributed by atoms with Crippen molar-refractivity contribution in [2.45, 2.75) is 27.2 Å². The second kappa shape index (κ2) is 9.46. The summed E-state index contributed by atoms with van der Waals surface area (Å²) in [6, 6.07) is 7.45. The first kappa shape index (κ1) is 15.2. The zero-order chi connectivity index (χ0) is 13.1. The summed E-state index contributed by atoms with van der Waals surface area (Å²) < 4.78 is 4.74. The van der Waals surface area contributed by atoms with Crippen LogP contribution >= 0.6 is 0 Å². The molecule has 1 rings (SSSR count). The van der Waals surface area contributed by atoms with Crippen LogP contribution in [-0.4, -0.2) is 12.6 Å². The maximum atomic E-state index is 10.4. The van der Waals surface area contributed by atoms with Gasteiger partial charge in [-0.1, -0.05) is 38.5 Å². The zero-order valence-corrected chi connectivity index (χ0v) is 10.8. The van der Waals surface area contributed by atoms with Crippen molar-refractivity contribution >= 4 is 17.7 Å². The van der Waals surface area contributed by atoms with Crippen molar-refractivity contribution in [3.8, 4) is 0 Å². The van der Waals surface area contributed by atoms with Crippen molar-refractivity contribution in [2.75, 3.05) is 12.3 Å². The van der Waals surface area contributed by atoms with Crippen LogP contribution in [0.15, 0.2) is 30.3 Å². The van der Waals surface area contributed by atoms with Crippen LogP contribution in [0, 0.1) is 0 Å². The maximum absolute atomic E-state index is 10.4. The van der Waals surface area contributed by atoms with Gasteiger partial charge in [0, 0.05) is 14.0 Å². The van der Waals surface area contributed by atoms with Gasteiger partial charge in [-0.05, 0) is 23.8 Å². The molecule has 96 valence electrons. The molecule has 0 radical (unpaired) electrons. The highest BCUT2D eigenvalue weighted by atomic mass is 16.5. The number of anilines is 1. The maximum Gasteiger partial charge on any atom is 0.302 e. The Labute approximate surface area is 105 Å². The number of carbonyl (C=O) groups is 1. The van der Waals surface area contributed by atoms with E-state index < -0.39 is 0 Å². The van der Waals surface area contributed by atoms with E-state index in [2.05, 4.69) is 13.8 Å². The molecule has 0 aliphatic heterocycles. The Bertz CT molecular complexity index is 347. The molecule has 3 heteroatoms. The predicted octanol–water partition coefficient (Wildman–Crippen LogP) is 3.51. The Balaban J connectivity index is 0. The molecule has 0 unspecified atom stereocenters. The molecule has 1 aromatic rings. The Morgan fingerprint density at radius 2 is 1.88 bits per heavy atom. The molecular formula is C14H23NO2. The highest BCUT2D eigenvalue weighted by Crippen LogP contribution is 2.06. The molecule has 17 heavy (non-hydrogen) atoms.